The van der Waals surface area contributed by atoms with Crippen LogP contribution in [0.1, 0.15) is 32.3 Å². The van der Waals surface area contributed by atoms with E-state index in [2.05, 4.69) is 24.8 Å². The number of nitrogens with zero attached hydrogens (tertiary/aromatic N) is 3. The number of nitro benzene ring substituents is 1. The van der Waals surface area contributed by atoms with Crippen molar-refractivity contribution in [2.45, 2.75) is 32.2 Å². The summed E-state index contributed by atoms with van der Waals surface area (Å²) in [6.45, 7) is 5.14. The summed E-state index contributed by atoms with van der Waals surface area (Å²) in [7, 11) is 0. The second-order valence-corrected chi connectivity index (χ2v) is 5.14. The summed E-state index contributed by atoms with van der Waals surface area (Å²) in [5.74, 6) is 0. The molecule has 5 nitrogen and oxygen atoms in total. The summed E-state index contributed by atoms with van der Waals surface area (Å²) in [5, 5.41) is 19.9. The third kappa shape index (κ3) is 2.02. The fraction of sp³-hybridized carbons (Fsp3) is 0.462. The van der Waals surface area contributed by atoms with Gasteiger partial charge < -0.3 is 4.90 Å². The second kappa shape index (κ2) is 4.30. The van der Waals surface area contributed by atoms with E-state index >= 15 is 0 Å². The molecule has 0 N–H and O–H groups in total. The van der Waals surface area contributed by atoms with Crippen molar-refractivity contribution in [3.63, 3.8) is 0 Å². The lowest BCUT2D eigenvalue weighted by Crippen LogP contribution is -2.38. The molecule has 1 aliphatic heterocycles. The minimum atomic E-state index is -0.472. The standard InChI is InChI=1S/C13H15N3O2/c1-13(2)6-3-7-15(13)12-5-4-11(16(17)18)8-10(12)9-14/h4-5,8H,3,6-7H2,1-2H3. The quantitative estimate of drug-likeness (QED) is 0.593. The van der Waals surface area contributed by atoms with Crippen molar-refractivity contribution in [1.29, 1.82) is 5.26 Å². The van der Waals surface area contributed by atoms with Crippen molar-refractivity contribution >= 4 is 11.4 Å². The molecule has 1 aliphatic rings. The predicted octanol–water partition coefficient (Wildman–Crippen LogP) is 2.85. The van der Waals surface area contributed by atoms with Gasteiger partial charge in [-0.1, -0.05) is 0 Å². The second-order valence-electron chi connectivity index (χ2n) is 5.14. The van der Waals surface area contributed by atoms with Gasteiger partial charge in [0.25, 0.3) is 5.69 Å². The molecule has 1 fully saturated rings. The molecule has 1 aromatic carbocycles. The average Bonchev–Trinajstić information content (AvgIpc) is 2.67. The number of non-ortho nitro benzene ring substituents is 1. The van der Waals surface area contributed by atoms with Gasteiger partial charge in [0.2, 0.25) is 0 Å². The molecule has 94 valence electrons. The van der Waals surface area contributed by atoms with E-state index in [1.165, 1.54) is 12.1 Å². The lowest BCUT2D eigenvalue weighted by molar-refractivity contribution is -0.384. The highest BCUT2D eigenvalue weighted by Gasteiger charge is 2.33. The Labute approximate surface area is 106 Å². The Balaban J connectivity index is 2.46. The first kappa shape index (κ1) is 12.4. The summed E-state index contributed by atoms with van der Waals surface area (Å²) in [6.07, 6.45) is 2.14. The summed E-state index contributed by atoms with van der Waals surface area (Å²) in [4.78, 5) is 12.4. The first-order valence-electron chi connectivity index (χ1n) is 5.92. The van der Waals surface area contributed by atoms with Crippen LogP contribution in [0, 0.1) is 21.4 Å². The van der Waals surface area contributed by atoms with E-state index in [-0.39, 0.29) is 11.2 Å². The molecular weight excluding hydrogens is 230 g/mol. The molecule has 1 heterocycles. The molecule has 0 atom stereocenters. The first-order valence-corrected chi connectivity index (χ1v) is 5.92. The number of nitro groups is 1. The van der Waals surface area contributed by atoms with Gasteiger partial charge >= 0.3 is 0 Å². The van der Waals surface area contributed by atoms with Crippen molar-refractivity contribution in [2.24, 2.45) is 0 Å². The van der Waals surface area contributed by atoms with E-state index in [1.54, 1.807) is 6.07 Å². The van der Waals surface area contributed by atoms with Gasteiger partial charge in [-0.2, -0.15) is 5.26 Å². The Morgan fingerprint density at radius 2 is 2.22 bits per heavy atom. The van der Waals surface area contributed by atoms with Crippen LogP contribution in [0.5, 0.6) is 0 Å². The minimum Gasteiger partial charge on any atom is -0.365 e. The van der Waals surface area contributed by atoms with Crippen molar-refractivity contribution in [3.8, 4) is 6.07 Å². The fourth-order valence-electron chi connectivity index (χ4n) is 2.52. The van der Waals surface area contributed by atoms with Crippen LogP contribution < -0.4 is 4.90 Å². The number of nitriles is 1. The largest absolute Gasteiger partial charge is 0.365 e. The Bertz CT molecular complexity index is 532. The number of hydrogen-bond acceptors (Lipinski definition) is 4. The molecule has 18 heavy (non-hydrogen) atoms. The van der Waals surface area contributed by atoms with Gasteiger partial charge in [0.15, 0.2) is 0 Å². The first-order chi connectivity index (χ1) is 8.45. The Kier molecular flexibility index (Phi) is 2.95. The molecule has 0 saturated carbocycles. The van der Waals surface area contributed by atoms with Crippen LogP contribution in [-0.2, 0) is 0 Å². The van der Waals surface area contributed by atoms with Crippen LogP contribution in [0.2, 0.25) is 0 Å². The van der Waals surface area contributed by atoms with E-state index in [0.717, 1.165) is 25.1 Å². The highest BCUT2D eigenvalue weighted by Crippen LogP contribution is 2.36. The molecule has 1 saturated heterocycles. The van der Waals surface area contributed by atoms with Crippen molar-refractivity contribution in [3.05, 3.63) is 33.9 Å². The van der Waals surface area contributed by atoms with Gasteiger partial charge in [0.1, 0.15) is 6.07 Å². The number of rotatable bonds is 2. The zero-order valence-electron chi connectivity index (χ0n) is 10.5. The minimum absolute atomic E-state index is 0.00172. The molecular formula is C13H15N3O2. The monoisotopic (exact) mass is 245 g/mol. The predicted molar refractivity (Wildman–Crippen MR) is 68.5 cm³/mol. The van der Waals surface area contributed by atoms with E-state index < -0.39 is 4.92 Å². The van der Waals surface area contributed by atoms with Crippen LogP contribution in [0.4, 0.5) is 11.4 Å². The lowest BCUT2D eigenvalue weighted by atomic mass is 10.0. The SMILES string of the molecule is CC1(C)CCCN1c1ccc([N+](=O)[O-])cc1C#N. The highest BCUT2D eigenvalue weighted by molar-refractivity contribution is 5.64. The van der Waals surface area contributed by atoms with Crippen LogP contribution >= 0.6 is 0 Å². The van der Waals surface area contributed by atoms with Crippen molar-refractivity contribution in [2.75, 3.05) is 11.4 Å². The van der Waals surface area contributed by atoms with E-state index in [0.29, 0.717) is 5.56 Å². The maximum Gasteiger partial charge on any atom is 0.270 e. The highest BCUT2D eigenvalue weighted by atomic mass is 16.6. The van der Waals surface area contributed by atoms with Gasteiger partial charge in [-0.15, -0.1) is 0 Å². The molecule has 0 radical (unpaired) electrons. The zero-order valence-corrected chi connectivity index (χ0v) is 10.5. The van der Waals surface area contributed by atoms with Crippen LogP contribution in [-0.4, -0.2) is 17.0 Å². The number of benzene rings is 1. The van der Waals surface area contributed by atoms with Gasteiger partial charge in [-0.05, 0) is 32.8 Å². The Morgan fingerprint density at radius 3 is 2.72 bits per heavy atom. The normalized spacial score (nSPS) is 17.5. The van der Waals surface area contributed by atoms with Gasteiger partial charge in [0.05, 0.1) is 16.2 Å². The topological polar surface area (TPSA) is 70.2 Å². The van der Waals surface area contributed by atoms with Crippen LogP contribution in [0.3, 0.4) is 0 Å². The van der Waals surface area contributed by atoms with E-state index in [9.17, 15) is 10.1 Å². The molecule has 0 unspecified atom stereocenters. The van der Waals surface area contributed by atoms with E-state index in [1.807, 2.05) is 0 Å². The van der Waals surface area contributed by atoms with E-state index in [4.69, 9.17) is 5.26 Å². The molecule has 0 bridgehead atoms. The average molecular weight is 245 g/mol. The van der Waals surface area contributed by atoms with Gasteiger partial charge in [-0.3, -0.25) is 10.1 Å². The van der Waals surface area contributed by atoms with Crippen LogP contribution in [0.25, 0.3) is 0 Å². The van der Waals surface area contributed by atoms with Gasteiger partial charge in [-0.25, -0.2) is 0 Å². The molecule has 5 heteroatoms. The van der Waals surface area contributed by atoms with Crippen molar-refractivity contribution in [1.82, 2.24) is 0 Å². The number of anilines is 1. The molecule has 0 aromatic heterocycles. The maximum atomic E-state index is 10.7. The van der Waals surface area contributed by atoms with Crippen LogP contribution in [0.15, 0.2) is 18.2 Å². The summed E-state index contributed by atoms with van der Waals surface area (Å²) in [6, 6.07) is 6.56. The molecule has 1 aromatic rings. The maximum absolute atomic E-state index is 10.7. The fourth-order valence-corrected chi connectivity index (χ4v) is 2.52. The number of hydrogen-bond donors (Lipinski definition) is 0. The molecule has 2 rings (SSSR count). The summed E-state index contributed by atoms with van der Waals surface area (Å²) < 4.78 is 0. The smallest absolute Gasteiger partial charge is 0.270 e. The summed E-state index contributed by atoms with van der Waals surface area (Å²) >= 11 is 0. The third-order valence-corrected chi connectivity index (χ3v) is 3.50. The summed E-state index contributed by atoms with van der Waals surface area (Å²) in [5.41, 5.74) is 1.14. The van der Waals surface area contributed by atoms with Crippen molar-refractivity contribution < 1.29 is 4.92 Å². The Hall–Kier alpha value is -2.09. The molecule has 0 spiro atoms. The molecule has 0 amide bonds. The Morgan fingerprint density at radius 1 is 1.50 bits per heavy atom. The third-order valence-electron chi connectivity index (χ3n) is 3.50. The molecule has 0 aliphatic carbocycles. The van der Waals surface area contributed by atoms with Gasteiger partial charge in [0, 0.05) is 24.2 Å². The zero-order chi connectivity index (χ0) is 13.3. The lowest BCUT2D eigenvalue weighted by Gasteiger charge is -2.34.